The standard InChI is InChI=1S/C8H11N3O3/c12-7-3-1-2-6(7)11-4-5(8(13)14)9-10-11/h4,6-7,12H,1-3H2,(H,13,14)/t6-,7+/m0/s1. The zero-order valence-corrected chi connectivity index (χ0v) is 7.50. The topological polar surface area (TPSA) is 88.2 Å². The van der Waals surface area contributed by atoms with Gasteiger partial charge in [-0.05, 0) is 19.3 Å². The number of hydrogen-bond acceptors (Lipinski definition) is 4. The molecule has 0 unspecified atom stereocenters. The van der Waals surface area contributed by atoms with E-state index in [1.165, 1.54) is 10.9 Å². The Morgan fingerprint density at radius 1 is 1.57 bits per heavy atom. The van der Waals surface area contributed by atoms with E-state index >= 15 is 0 Å². The summed E-state index contributed by atoms with van der Waals surface area (Å²) in [6.45, 7) is 0. The lowest BCUT2D eigenvalue weighted by Crippen LogP contribution is -2.18. The van der Waals surface area contributed by atoms with Gasteiger partial charge in [-0.2, -0.15) is 0 Å². The van der Waals surface area contributed by atoms with Crippen molar-refractivity contribution in [3.05, 3.63) is 11.9 Å². The van der Waals surface area contributed by atoms with Gasteiger partial charge in [-0.3, -0.25) is 0 Å². The van der Waals surface area contributed by atoms with Crippen LogP contribution in [0.15, 0.2) is 6.20 Å². The summed E-state index contributed by atoms with van der Waals surface area (Å²) in [7, 11) is 0. The Hall–Kier alpha value is -1.43. The van der Waals surface area contributed by atoms with Gasteiger partial charge in [-0.15, -0.1) is 5.10 Å². The number of carboxylic acid groups (broad SMARTS) is 1. The highest BCUT2D eigenvalue weighted by Gasteiger charge is 2.28. The average Bonchev–Trinajstić information content (AvgIpc) is 2.71. The Balaban J connectivity index is 2.20. The van der Waals surface area contributed by atoms with Crippen LogP contribution < -0.4 is 0 Å². The van der Waals surface area contributed by atoms with Crippen LogP contribution in [0.1, 0.15) is 35.8 Å². The fraction of sp³-hybridized carbons (Fsp3) is 0.625. The lowest BCUT2D eigenvalue weighted by atomic mass is 10.2. The van der Waals surface area contributed by atoms with E-state index in [0.717, 1.165) is 19.3 Å². The van der Waals surface area contributed by atoms with Crippen LogP contribution in [0.4, 0.5) is 0 Å². The Morgan fingerprint density at radius 2 is 2.36 bits per heavy atom. The van der Waals surface area contributed by atoms with Crippen LogP contribution in [-0.2, 0) is 0 Å². The quantitative estimate of drug-likeness (QED) is 0.700. The summed E-state index contributed by atoms with van der Waals surface area (Å²) in [5.41, 5.74) is -0.0795. The van der Waals surface area contributed by atoms with E-state index in [2.05, 4.69) is 10.3 Å². The van der Waals surface area contributed by atoms with Crippen LogP contribution in [0.3, 0.4) is 0 Å². The maximum atomic E-state index is 10.5. The highest BCUT2D eigenvalue weighted by Crippen LogP contribution is 2.29. The summed E-state index contributed by atoms with van der Waals surface area (Å²) >= 11 is 0. The van der Waals surface area contributed by atoms with Crippen molar-refractivity contribution in [2.75, 3.05) is 0 Å². The van der Waals surface area contributed by atoms with E-state index in [-0.39, 0.29) is 11.7 Å². The fourth-order valence-corrected chi connectivity index (χ4v) is 1.77. The van der Waals surface area contributed by atoms with Crippen molar-refractivity contribution in [3.8, 4) is 0 Å². The van der Waals surface area contributed by atoms with Crippen molar-refractivity contribution in [2.24, 2.45) is 0 Å². The lowest BCUT2D eigenvalue weighted by Gasteiger charge is -2.13. The van der Waals surface area contributed by atoms with Crippen LogP contribution in [0.5, 0.6) is 0 Å². The number of aliphatic hydroxyl groups is 1. The van der Waals surface area contributed by atoms with Gasteiger partial charge < -0.3 is 10.2 Å². The maximum absolute atomic E-state index is 10.5. The Morgan fingerprint density at radius 3 is 2.86 bits per heavy atom. The molecular weight excluding hydrogens is 186 g/mol. The number of carbonyl (C=O) groups is 1. The van der Waals surface area contributed by atoms with Crippen LogP contribution >= 0.6 is 0 Å². The molecule has 6 heteroatoms. The number of aliphatic hydroxyl groups excluding tert-OH is 1. The molecule has 2 atom stereocenters. The van der Waals surface area contributed by atoms with Gasteiger partial charge in [0.05, 0.1) is 18.3 Å². The average molecular weight is 197 g/mol. The number of hydrogen-bond donors (Lipinski definition) is 2. The monoisotopic (exact) mass is 197 g/mol. The zero-order chi connectivity index (χ0) is 10.1. The molecule has 0 radical (unpaired) electrons. The second kappa shape index (κ2) is 3.38. The summed E-state index contributed by atoms with van der Waals surface area (Å²) < 4.78 is 1.45. The molecule has 1 aliphatic rings. The van der Waals surface area contributed by atoms with Crippen molar-refractivity contribution in [1.29, 1.82) is 0 Å². The van der Waals surface area contributed by atoms with Crippen LogP contribution in [0.2, 0.25) is 0 Å². The van der Waals surface area contributed by atoms with Gasteiger partial charge in [0.1, 0.15) is 0 Å². The Bertz CT molecular complexity index is 349. The molecule has 6 nitrogen and oxygen atoms in total. The molecule has 14 heavy (non-hydrogen) atoms. The molecule has 0 aromatic carbocycles. The van der Waals surface area contributed by atoms with Crippen molar-refractivity contribution in [3.63, 3.8) is 0 Å². The van der Waals surface area contributed by atoms with Crippen molar-refractivity contribution in [2.45, 2.75) is 31.4 Å². The summed E-state index contributed by atoms with van der Waals surface area (Å²) in [5.74, 6) is -1.09. The molecule has 1 saturated carbocycles. The molecule has 0 spiro atoms. The second-order valence-corrected chi connectivity index (χ2v) is 3.45. The molecular formula is C8H11N3O3. The normalized spacial score (nSPS) is 26.6. The number of aromatic nitrogens is 3. The summed E-state index contributed by atoms with van der Waals surface area (Å²) in [5, 5.41) is 25.4. The molecule has 1 fully saturated rings. The fourth-order valence-electron chi connectivity index (χ4n) is 1.77. The molecule has 0 amide bonds. The minimum absolute atomic E-state index is 0.0795. The third-order valence-corrected chi connectivity index (χ3v) is 2.51. The maximum Gasteiger partial charge on any atom is 0.358 e. The van der Waals surface area contributed by atoms with Gasteiger partial charge in [-0.1, -0.05) is 5.21 Å². The molecule has 76 valence electrons. The zero-order valence-electron chi connectivity index (χ0n) is 7.50. The van der Waals surface area contributed by atoms with E-state index < -0.39 is 12.1 Å². The Kier molecular flexibility index (Phi) is 2.20. The molecule has 2 N–H and O–H groups in total. The summed E-state index contributed by atoms with van der Waals surface area (Å²) in [4.78, 5) is 10.5. The van der Waals surface area contributed by atoms with E-state index in [1.54, 1.807) is 0 Å². The minimum atomic E-state index is -1.09. The SMILES string of the molecule is O=C(O)c1cn([C@H]2CCC[C@H]2O)nn1. The predicted molar refractivity (Wildman–Crippen MR) is 45.9 cm³/mol. The number of nitrogens with zero attached hydrogens (tertiary/aromatic N) is 3. The predicted octanol–water partition coefficient (Wildman–Crippen LogP) is 0.0622. The van der Waals surface area contributed by atoms with Crippen LogP contribution in [0, 0.1) is 0 Å². The van der Waals surface area contributed by atoms with E-state index in [0.29, 0.717) is 0 Å². The molecule has 1 aliphatic carbocycles. The minimum Gasteiger partial charge on any atom is -0.476 e. The Labute approximate surface area is 80.2 Å². The highest BCUT2D eigenvalue weighted by molar-refractivity contribution is 5.84. The van der Waals surface area contributed by atoms with E-state index in [9.17, 15) is 9.90 Å². The molecule has 1 heterocycles. The molecule has 1 aromatic heterocycles. The molecule has 0 bridgehead atoms. The number of aromatic carboxylic acids is 1. The van der Waals surface area contributed by atoms with Crippen LogP contribution in [-0.4, -0.2) is 37.3 Å². The third-order valence-electron chi connectivity index (χ3n) is 2.51. The second-order valence-electron chi connectivity index (χ2n) is 3.45. The molecule has 0 saturated heterocycles. The highest BCUT2D eigenvalue weighted by atomic mass is 16.4. The van der Waals surface area contributed by atoms with Gasteiger partial charge in [0.15, 0.2) is 5.69 Å². The third kappa shape index (κ3) is 1.48. The van der Waals surface area contributed by atoms with Crippen LogP contribution in [0.25, 0.3) is 0 Å². The van der Waals surface area contributed by atoms with E-state index in [1.807, 2.05) is 0 Å². The van der Waals surface area contributed by atoms with Gasteiger partial charge in [0.2, 0.25) is 0 Å². The lowest BCUT2D eigenvalue weighted by molar-refractivity contribution is 0.0690. The van der Waals surface area contributed by atoms with Crippen molar-refractivity contribution in [1.82, 2.24) is 15.0 Å². The van der Waals surface area contributed by atoms with Gasteiger partial charge in [-0.25, -0.2) is 9.48 Å². The molecule has 0 aliphatic heterocycles. The smallest absolute Gasteiger partial charge is 0.358 e. The first kappa shape index (κ1) is 9.14. The summed E-state index contributed by atoms with van der Waals surface area (Å²) in [6.07, 6.45) is 3.44. The largest absolute Gasteiger partial charge is 0.476 e. The van der Waals surface area contributed by atoms with Gasteiger partial charge in [0, 0.05) is 0 Å². The number of carboxylic acids is 1. The van der Waals surface area contributed by atoms with Crippen molar-refractivity contribution >= 4 is 5.97 Å². The summed E-state index contributed by atoms with van der Waals surface area (Å²) in [6, 6.07) is -0.115. The van der Waals surface area contributed by atoms with Gasteiger partial charge >= 0.3 is 5.97 Å². The number of rotatable bonds is 2. The first-order valence-corrected chi connectivity index (χ1v) is 4.51. The van der Waals surface area contributed by atoms with E-state index in [4.69, 9.17) is 5.11 Å². The van der Waals surface area contributed by atoms with Crippen molar-refractivity contribution < 1.29 is 15.0 Å². The first-order valence-electron chi connectivity index (χ1n) is 4.51. The molecule has 1 aromatic rings. The molecule has 2 rings (SSSR count). The first-order chi connectivity index (χ1) is 6.68. The van der Waals surface area contributed by atoms with Gasteiger partial charge in [0.25, 0.3) is 0 Å².